The van der Waals surface area contributed by atoms with E-state index in [1.165, 1.54) is 0 Å². The third-order valence-electron chi connectivity index (χ3n) is 2.75. The summed E-state index contributed by atoms with van der Waals surface area (Å²) >= 11 is 0. The van der Waals surface area contributed by atoms with Gasteiger partial charge in [0.15, 0.2) is 0 Å². The number of carbonyl (C=O) groups excluding carboxylic acids is 3. The van der Waals surface area contributed by atoms with Crippen molar-refractivity contribution in [3.05, 3.63) is 29.8 Å². The zero-order chi connectivity index (χ0) is 16.4. The van der Waals surface area contributed by atoms with Crippen LogP contribution in [-0.2, 0) is 16.1 Å². The van der Waals surface area contributed by atoms with Crippen molar-refractivity contribution >= 4 is 23.7 Å². The van der Waals surface area contributed by atoms with E-state index in [1.807, 2.05) is 0 Å². The van der Waals surface area contributed by atoms with E-state index in [2.05, 4.69) is 15.4 Å². The normalized spacial score (nSPS) is 9.82. The molecule has 1 aromatic rings. The summed E-state index contributed by atoms with van der Waals surface area (Å²) in [5, 5.41) is 5.21. The Hall–Kier alpha value is -2.77. The molecule has 0 saturated heterocycles. The van der Waals surface area contributed by atoms with Crippen LogP contribution in [0.5, 0.6) is 0 Å². The number of nitrogens with one attached hydrogen (secondary N) is 2. The number of unbranched alkanes of at least 4 members (excludes halogenated alkanes) is 1. The second-order valence-electron chi connectivity index (χ2n) is 4.60. The summed E-state index contributed by atoms with van der Waals surface area (Å²) in [5.74, 6) is -0.111. The highest BCUT2D eigenvalue weighted by atomic mass is 16.5. The first kappa shape index (κ1) is 17.3. The number of rotatable bonds is 8. The van der Waals surface area contributed by atoms with E-state index in [9.17, 15) is 14.4 Å². The highest BCUT2D eigenvalue weighted by Crippen LogP contribution is 2.11. The number of primary amides is 2. The molecule has 6 N–H and O–H groups in total. The zero-order valence-corrected chi connectivity index (χ0v) is 12.1. The van der Waals surface area contributed by atoms with Crippen LogP contribution in [0.3, 0.4) is 0 Å². The lowest BCUT2D eigenvalue weighted by molar-refractivity contribution is -0.116. The van der Waals surface area contributed by atoms with E-state index in [1.54, 1.807) is 24.3 Å². The molecule has 0 aromatic heterocycles. The first-order valence-corrected chi connectivity index (χ1v) is 6.81. The molecule has 0 aliphatic rings. The van der Waals surface area contributed by atoms with Crippen LogP contribution in [0, 0.1) is 0 Å². The lowest BCUT2D eigenvalue weighted by Gasteiger charge is -2.07. The van der Waals surface area contributed by atoms with Gasteiger partial charge >= 0.3 is 12.1 Å². The molecular formula is C14H20N4O4. The van der Waals surface area contributed by atoms with E-state index in [0.29, 0.717) is 31.5 Å². The summed E-state index contributed by atoms with van der Waals surface area (Å²) in [5.41, 5.74) is 11.2. The van der Waals surface area contributed by atoms with Gasteiger partial charge in [0.1, 0.15) is 6.61 Å². The smallest absolute Gasteiger partial charge is 0.404 e. The Bertz CT molecular complexity index is 516. The number of amides is 4. The van der Waals surface area contributed by atoms with Crippen LogP contribution in [0.1, 0.15) is 24.8 Å². The molecule has 120 valence electrons. The number of urea groups is 1. The fourth-order valence-corrected chi connectivity index (χ4v) is 1.68. The molecule has 4 amide bonds. The Kier molecular flexibility index (Phi) is 7.24. The predicted octanol–water partition coefficient (Wildman–Crippen LogP) is 1.06. The summed E-state index contributed by atoms with van der Waals surface area (Å²) in [7, 11) is 0. The number of anilines is 1. The summed E-state index contributed by atoms with van der Waals surface area (Å²) in [6, 6.07) is 6.33. The Balaban J connectivity index is 2.26. The standard InChI is InChI=1S/C14H20N4O4/c15-13(20)17-8-2-1-3-12(19)18-11-6-4-10(5-7-11)9-22-14(16)21/h4-7H,1-3,8-9H2,(H2,16,21)(H,18,19)(H3,15,17,20). The van der Waals surface area contributed by atoms with Crippen LogP contribution in [0.25, 0.3) is 0 Å². The van der Waals surface area contributed by atoms with Crippen LogP contribution in [-0.4, -0.2) is 24.6 Å². The molecule has 0 saturated carbocycles. The molecule has 0 unspecified atom stereocenters. The van der Waals surface area contributed by atoms with Gasteiger partial charge in [-0.25, -0.2) is 9.59 Å². The molecule has 0 radical (unpaired) electrons. The average molecular weight is 308 g/mol. The van der Waals surface area contributed by atoms with E-state index in [-0.39, 0.29) is 12.5 Å². The second-order valence-corrected chi connectivity index (χ2v) is 4.60. The van der Waals surface area contributed by atoms with Gasteiger partial charge in [-0.3, -0.25) is 4.79 Å². The van der Waals surface area contributed by atoms with Gasteiger partial charge in [0.2, 0.25) is 5.91 Å². The number of hydrogen-bond donors (Lipinski definition) is 4. The van der Waals surface area contributed by atoms with Crippen LogP contribution in [0.4, 0.5) is 15.3 Å². The topological polar surface area (TPSA) is 137 Å². The monoisotopic (exact) mass is 308 g/mol. The van der Waals surface area contributed by atoms with Crippen molar-refractivity contribution in [1.29, 1.82) is 0 Å². The summed E-state index contributed by atoms with van der Waals surface area (Å²) in [6.07, 6.45) is 0.854. The molecule has 0 aliphatic carbocycles. The molecule has 0 spiro atoms. The minimum Gasteiger partial charge on any atom is -0.445 e. The fraction of sp³-hybridized carbons (Fsp3) is 0.357. The highest BCUT2D eigenvalue weighted by molar-refractivity contribution is 5.90. The van der Waals surface area contributed by atoms with Gasteiger partial charge in [-0.2, -0.15) is 0 Å². The Morgan fingerprint density at radius 3 is 2.32 bits per heavy atom. The van der Waals surface area contributed by atoms with Crippen molar-refractivity contribution in [3.63, 3.8) is 0 Å². The van der Waals surface area contributed by atoms with E-state index in [0.717, 1.165) is 5.56 Å². The number of benzene rings is 1. The first-order chi connectivity index (χ1) is 10.5. The van der Waals surface area contributed by atoms with E-state index in [4.69, 9.17) is 11.5 Å². The number of carbonyl (C=O) groups is 3. The van der Waals surface area contributed by atoms with Crippen molar-refractivity contribution in [2.75, 3.05) is 11.9 Å². The molecule has 22 heavy (non-hydrogen) atoms. The molecule has 8 nitrogen and oxygen atoms in total. The quantitative estimate of drug-likeness (QED) is 0.533. The van der Waals surface area contributed by atoms with Gasteiger partial charge in [0.25, 0.3) is 0 Å². The van der Waals surface area contributed by atoms with Gasteiger partial charge < -0.3 is 26.8 Å². The summed E-state index contributed by atoms with van der Waals surface area (Å²) in [6.45, 7) is 0.549. The van der Waals surface area contributed by atoms with Gasteiger partial charge in [-0.1, -0.05) is 12.1 Å². The zero-order valence-electron chi connectivity index (χ0n) is 12.1. The van der Waals surface area contributed by atoms with Crippen LogP contribution in [0.2, 0.25) is 0 Å². The maximum Gasteiger partial charge on any atom is 0.404 e. The molecule has 1 rings (SSSR count). The average Bonchev–Trinajstić information content (AvgIpc) is 2.45. The molecule has 8 heteroatoms. The fourth-order valence-electron chi connectivity index (χ4n) is 1.68. The lowest BCUT2D eigenvalue weighted by Crippen LogP contribution is -2.30. The summed E-state index contributed by atoms with van der Waals surface area (Å²) < 4.78 is 4.65. The number of nitrogens with two attached hydrogens (primary N) is 2. The summed E-state index contributed by atoms with van der Waals surface area (Å²) in [4.78, 5) is 32.6. The van der Waals surface area contributed by atoms with Crippen LogP contribution >= 0.6 is 0 Å². The molecular weight excluding hydrogens is 288 g/mol. The SMILES string of the molecule is NC(=O)NCCCCC(=O)Nc1ccc(COC(N)=O)cc1. The Labute approximate surface area is 128 Å². The van der Waals surface area contributed by atoms with Crippen LogP contribution in [0.15, 0.2) is 24.3 Å². The Morgan fingerprint density at radius 2 is 1.73 bits per heavy atom. The minimum atomic E-state index is -0.830. The molecule has 0 fully saturated rings. The van der Waals surface area contributed by atoms with Crippen molar-refractivity contribution < 1.29 is 19.1 Å². The van der Waals surface area contributed by atoms with Crippen LogP contribution < -0.4 is 22.1 Å². The number of hydrogen-bond acceptors (Lipinski definition) is 4. The van der Waals surface area contributed by atoms with Gasteiger partial charge in [-0.15, -0.1) is 0 Å². The van der Waals surface area contributed by atoms with Crippen molar-refractivity contribution in [2.45, 2.75) is 25.9 Å². The molecule has 0 atom stereocenters. The van der Waals surface area contributed by atoms with Gasteiger partial charge in [-0.05, 0) is 30.5 Å². The molecule has 0 heterocycles. The maximum atomic E-state index is 11.7. The van der Waals surface area contributed by atoms with E-state index >= 15 is 0 Å². The van der Waals surface area contributed by atoms with Crippen molar-refractivity contribution in [2.24, 2.45) is 11.5 Å². The maximum absolute atomic E-state index is 11.7. The first-order valence-electron chi connectivity index (χ1n) is 6.81. The van der Waals surface area contributed by atoms with Crippen molar-refractivity contribution in [1.82, 2.24) is 5.32 Å². The second kappa shape index (κ2) is 9.22. The molecule has 0 bridgehead atoms. The van der Waals surface area contributed by atoms with Gasteiger partial charge in [0, 0.05) is 18.7 Å². The van der Waals surface area contributed by atoms with E-state index < -0.39 is 12.1 Å². The number of ether oxygens (including phenoxy) is 1. The molecule has 1 aromatic carbocycles. The lowest BCUT2D eigenvalue weighted by atomic mass is 10.2. The highest BCUT2D eigenvalue weighted by Gasteiger charge is 2.03. The van der Waals surface area contributed by atoms with Crippen molar-refractivity contribution in [3.8, 4) is 0 Å². The minimum absolute atomic E-state index is 0.0937. The van der Waals surface area contributed by atoms with Gasteiger partial charge in [0.05, 0.1) is 0 Å². The third-order valence-corrected chi connectivity index (χ3v) is 2.75. The Morgan fingerprint density at radius 1 is 1.05 bits per heavy atom. The molecule has 0 aliphatic heterocycles. The third kappa shape index (κ3) is 7.73. The largest absolute Gasteiger partial charge is 0.445 e. The predicted molar refractivity (Wildman–Crippen MR) is 80.9 cm³/mol.